The van der Waals surface area contributed by atoms with Crippen molar-refractivity contribution in [2.24, 2.45) is 0 Å². The van der Waals surface area contributed by atoms with Crippen molar-refractivity contribution in [3.05, 3.63) is 23.5 Å². The van der Waals surface area contributed by atoms with Crippen molar-refractivity contribution in [1.82, 2.24) is 19.7 Å². The largest absolute Gasteiger partial charge is 0.442 e. The van der Waals surface area contributed by atoms with Crippen LogP contribution in [0.2, 0.25) is 0 Å². The van der Waals surface area contributed by atoms with E-state index in [0.29, 0.717) is 55.6 Å². The smallest absolute Gasteiger partial charge is 0.437 e. The molecule has 2 aliphatic rings. The topological polar surface area (TPSA) is 129 Å². The Bertz CT molecular complexity index is 1200. The summed E-state index contributed by atoms with van der Waals surface area (Å²) in [7, 11) is -3.39. The third-order valence-electron chi connectivity index (χ3n) is 5.89. The highest BCUT2D eigenvalue weighted by Gasteiger charge is 2.55. The summed E-state index contributed by atoms with van der Waals surface area (Å²) in [4.78, 5) is 24.0. The Morgan fingerprint density at radius 1 is 1.26 bits per heavy atom. The number of carbonyl (C=O) groups is 1. The minimum atomic E-state index is -3.39. The molecular formula is C22H32N6O5S. The Balaban J connectivity index is 1.75. The van der Waals surface area contributed by atoms with Crippen LogP contribution >= 0.6 is 0 Å². The first-order valence-corrected chi connectivity index (χ1v) is 13.2. The fraction of sp³-hybridized carbons (Fsp3) is 0.636. The molecule has 12 heteroatoms. The van der Waals surface area contributed by atoms with E-state index in [1.165, 1.54) is 6.26 Å². The number of anilines is 3. The van der Waals surface area contributed by atoms with Gasteiger partial charge in [-0.3, -0.25) is 0 Å². The molecule has 34 heavy (non-hydrogen) atoms. The molecule has 0 amide bonds. The average Bonchev–Trinajstić information content (AvgIpc) is 3.46. The van der Waals surface area contributed by atoms with E-state index in [1.54, 1.807) is 39.8 Å². The van der Waals surface area contributed by atoms with Crippen LogP contribution in [0.15, 0.2) is 12.1 Å². The van der Waals surface area contributed by atoms with Gasteiger partial charge in [0.05, 0.1) is 30.6 Å². The predicted molar refractivity (Wildman–Crippen MR) is 127 cm³/mol. The minimum Gasteiger partial charge on any atom is -0.442 e. The highest BCUT2D eigenvalue weighted by atomic mass is 32.2. The summed E-state index contributed by atoms with van der Waals surface area (Å²) in [6.45, 7) is 10.8. The fourth-order valence-electron chi connectivity index (χ4n) is 4.02. The van der Waals surface area contributed by atoms with Gasteiger partial charge in [-0.2, -0.15) is 10.1 Å². The second-order valence-electron chi connectivity index (χ2n) is 10.0. The zero-order valence-corrected chi connectivity index (χ0v) is 21.3. The maximum Gasteiger partial charge on any atom is 0.437 e. The summed E-state index contributed by atoms with van der Waals surface area (Å²) in [5, 5.41) is 7.31. The number of nitrogens with zero attached hydrogens (tertiary/aromatic N) is 5. The van der Waals surface area contributed by atoms with Crippen LogP contribution in [0.4, 0.5) is 22.4 Å². The van der Waals surface area contributed by atoms with Crippen LogP contribution in [0.5, 0.6) is 0 Å². The van der Waals surface area contributed by atoms with E-state index in [9.17, 15) is 13.2 Å². The summed E-state index contributed by atoms with van der Waals surface area (Å²) in [5.74, 6) is 1.12. The Morgan fingerprint density at radius 3 is 2.56 bits per heavy atom. The van der Waals surface area contributed by atoms with Crippen molar-refractivity contribution in [3.8, 4) is 0 Å². The molecule has 4 rings (SSSR count). The van der Waals surface area contributed by atoms with Crippen LogP contribution in [-0.4, -0.2) is 71.9 Å². The van der Waals surface area contributed by atoms with Gasteiger partial charge >= 0.3 is 6.09 Å². The first-order valence-electron chi connectivity index (χ1n) is 11.3. The molecule has 2 fully saturated rings. The van der Waals surface area contributed by atoms with Crippen molar-refractivity contribution in [2.45, 2.75) is 63.9 Å². The van der Waals surface area contributed by atoms with Gasteiger partial charge in [-0.1, -0.05) is 0 Å². The second-order valence-corrected chi connectivity index (χ2v) is 12.3. The van der Waals surface area contributed by atoms with Crippen LogP contribution in [0.3, 0.4) is 0 Å². The number of ether oxygens (including phenoxy) is 2. The molecule has 0 spiro atoms. The maximum absolute atomic E-state index is 12.7. The number of hydrogen-bond donors (Lipinski definition) is 1. The molecule has 1 aliphatic carbocycles. The van der Waals surface area contributed by atoms with E-state index in [0.717, 1.165) is 4.68 Å². The molecule has 1 saturated carbocycles. The molecule has 1 atom stereocenters. The van der Waals surface area contributed by atoms with Gasteiger partial charge in [-0.05, 0) is 47.5 Å². The Hall–Kier alpha value is -2.73. The summed E-state index contributed by atoms with van der Waals surface area (Å²) < 4.78 is 36.4. The first-order chi connectivity index (χ1) is 15.8. The van der Waals surface area contributed by atoms with E-state index < -0.39 is 26.3 Å². The summed E-state index contributed by atoms with van der Waals surface area (Å²) in [5.41, 5.74) is 0.348. The van der Waals surface area contributed by atoms with Gasteiger partial charge in [-0.25, -0.2) is 18.2 Å². The molecule has 11 nitrogen and oxygen atoms in total. The standard InChI is InChI=1S/C22H32N6O5S/c1-14-11-18(28(26-14)20(29)33-21(3,4)5)25-19-23-16(22(7-8-22)34(6,30)31)12-17(24-19)27-9-10-32-13-15(27)2/h11-12,15H,7-10,13H2,1-6H3,(H,23,24,25)/t15-/m1/s1. The third kappa shape index (κ3) is 4.88. The Kier molecular flexibility index (Phi) is 6.09. The molecule has 186 valence electrons. The van der Waals surface area contributed by atoms with E-state index in [-0.39, 0.29) is 12.0 Å². The number of hydrogen-bond acceptors (Lipinski definition) is 10. The lowest BCUT2D eigenvalue weighted by Gasteiger charge is -2.34. The lowest BCUT2D eigenvalue weighted by molar-refractivity contribution is 0.0518. The highest BCUT2D eigenvalue weighted by Crippen LogP contribution is 2.52. The molecular weight excluding hydrogens is 460 g/mol. The van der Waals surface area contributed by atoms with Crippen LogP contribution < -0.4 is 10.2 Å². The molecule has 1 N–H and O–H groups in total. The van der Waals surface area contributed by atoms with Crippen molar-refractivity contribution in [1.29, 1.82) is 0 Å². The summed E-state index contributed by atoms with van der Waals surface area (Å²) in [6, 6.07) is 3.50. The Morgan fingerprint density at radius 2 is 1.97 bits per heavy atom. The number of morpholine rings is 1. The lowest BCUT2D eigenvalue weighted by atomic mass is 10.2. The quantitative estimate of drug-likeness (QED) is 0.665. The van der Waals surface area contributed by atoms with Gasteiger partial charge in [0.1, 0.15) is 22.0 Å². The van der Waals surface area contributed by atoms with Gasteiger partial charge < -0.3 is 19.7 Å². The van der Waals surface area contributed by atoms with Crippen molar-refractivity contribution >= 4 is 33.5 Å². The average molecular weight is 493 g/mol. The number of carbonyl (C=O) groups excluding carboxylic acids is 1. The van der Waals surface area contributed by atoms with E-state index in [1.807, 2.05) is 6.92 Å². The molecule has 1 saturated heterocycles. The maximum atomic E-state index is 12.7. The van der Waals surface area contributed by atoms with Crippen LogP contribution in [0, 0.1) is 6.92 Å². The van der Waals surface area contributed by atoms with Crippen molar-refractivity contribution in [3.63, 3.8) is 0 Å². The van der Waals surface area contributed by atoms with Gasteiger partial charge in [-0.15, -0.1) is 4.68 Å². The molecule has 0 bridgehead atoms. The molecule has 2 aromatic heterocycles. The van der Waals surface area contributed by atoms with E-state index in [4.69, 9.17) is 9.47 Å². The molecule has 2 aromatic rings. The normalized spacial score (nSPS) is 20.2. The minimum absolute atomic E-state index is 0.0623. The summed E-state index contributed by atoms with van der Waals surface area (Å²) in [6.07, 6.45) is 1.62. The number of nitrogens with one attached hydrogen (secondary N) is 1. The van der Waals surface area contributed by atoms with Crippen LogP contribution in [0.25, 0.3) is 0 Å². The number of sulfone groups is 1. The molecule has 0 radical (unpaired) electrons. The van der Waals surface area contributed by atoms with Crippen LogP contribution in [0.1, 0.15) is 51.9 Å². The van der Waals surface area contributed by atoms with Crippen molar-refractivity contribution < 1.29 is 22.7 Å². The molecule has 3 heterocycles. The number of rotatable bonds is 5. The third-order valence-corrected chi connectivity index (χ3v) is 7.93. The van der Waals surface area contributed by atoms with Gasteiger partial charge in [0.15, 0.2) is 9.84 Å². The van der Waals surface area contributed by atoms with Gasteiger partial charge in [0, 0.05) is 24.9 Å². The van der Waals surface area contributed by atoms with Crippen molar-refractivity contribution in [2.75, 3.05) is 36.2 Å². The van der Waals surface area contributed by atoms with Crippen LogP contribution in [-0.2, 0) is 24.1 Å². The van der Waals surface area contributed by atoms with Gasteiger partial charge in [0.25, 0.3) is 0 Å². The molecule has 0 unspecified atom stereocenters. The number of aromatic nitrogens is 4. The monoisotopic (exact) mass is 492 g/mol. The predicted octanol–water partition coefficient (Wildman–Crippen LogP) is 2.77. The van der Waals surface area contributed by atoms with E-state index >= 15 is 0 Å². The second kappa shape index (κ2) is 8.49. The van der Waals surface area contributed by atoms with Gasteiger partial charge in [0.2, 0.25) is 5.95 Å². The number of aryl methyl sites for hydroxylation is 1. The summed E-state index contributed by atoms with van der Waals surface area (Å²) >= 11 is 0. The Labute approximate surface area is 199 Å². The van der Waals surface area contributed by atoms with E-state index in [2.05, 4.69) is 25.3 Å². The lowest BCUT2D eigenvalue weighted by Crippen LogP contribution is -2.44. The highest BCUT2D eigenvalue weighted by molar-refractivity contribution is 7.91. The first kappa shape index (κ1) is 24.4. The fourth-order valence-corrected chi connectivity index (χ4v) is 5.34. The molecule has 1 aliphatic heterocycles. The molecule has 0 aromatic carbocycles. The zero-order valence-electron chi connectivity index (χ0n) is 20.5. The SMILES string of the molecule is Cc1cc(Nc2nc(N3CCOC[C@H]3C)cc(C3(S(C)(=O)=O)CC3)n2)n(C(=O)OC(C)(C)C)n1. The zero-order chi connectivity index (χ0) is 24.9.